The number of nitrogens with zero attached hydrogens (tertiary/aromatic N) is 1. The van der Waals surface area contributed by atoms with E-state index < -0.39 is 5.82 Å². The molecule has 1 saturated carbocycles. The molecule has 3 nitrogen and oxygen atoms in total. The average Bonchev–Trinajstić information content (AvgIpc) is 3.19. The first-order valence-electron chi connectivity index (χ1n) is 6.59. The van der Waals surface area contributed by atoms with E-state index in [9.17, 15) is 9.18 Å². The molecule has 0 aromatic heterocycles. The lowest BCUT2D eigenvalue weighted by molar-refractivity contribution is -0.138. The number of likely N-dealkylation sites (tertiary alicyclic amines) is 1. The molecule has 0 spiro atoms. The molecule has 1 heterocycles. The van der Waals surface area contributed by atoms with Gasteiger partial charge in [-0.05, 0) is 37.0 Å². The number of piperidine rings is 1. The zero-order chi connectivity index (χ0) is 13.6. The van der Waals surface area contributed by atoms with E-state index in [0.717, 1.165) is 18.4 Å². The van der Waals surface area contributed by atoms with Gasteiger partial charge in [0.2, 0.25) is 5.91 Å². The van der Waals surface area contributed by atoms with E-state index in [1.807, 2.05) is 4.90 Å². The normalized spacial score (nSPS) is 27.7. The van der Waals surface area contributed by atoms with Crippen LogP contribution in [0.5, 0.6) is 0 Å². The second-order valence-corrected chi connectivity index (χ2v) is 5.76. The molecule has 19 heavy (non-hydrogen) atoms. The van der Waals surface area contributed by atoms with Crippen molar-refractivity contribution in [2.24, 2.45) is 5.73 Å². The van der Waals surface area contributed by atoms with Gasteiger partial charge in [0.25, 0.3) is 0 Å². The molecule has 5 heteroatoms. The Kier molecular flexibility index (Phi) is 3.23. The molecule has 2 unspecified atom stereocenters. The summed E-state index contributed by atoms with van der Waals surface area (Å²) in [7, 11) is 0. The van der Waals surface area contributed by atoms with Crippen LogP contribution in [0.4, 0.5) is 4.39 Å². The maximum Gasteiger partial charge on any atom is 0.223 e. The van der Waals surface area contributed by atoms with Gasteiger partial charge < -0.3 is 10.6 Å². The minimum Gasteiger partial charge on any atom is -0.331 e. The highest BCUT2D eigenvalue weighted by atomic mass is 35.5. The van der Waals surface area contributed by atoms with E-state index in [4.69, 9.17) is 17.3 Å². The first-order valence-corrected chi connectivity index (χ1v) is 6.97. The average molecular weight is 283 g/mol. The first kappa shape index (κ1) is 12.9. The molecule has 1 aromatic rings. The van der Waals surface area contributed by atoms with Crippen LogP contribution in [0.3, 0.4) is 0 Å². The SMILES string of the molecule is NC1CCC(=O)N(C2CC2)C1c1ccc(Cl)c(F)c1. The molecule has 1 aliphatic carbocycles. The molecule has 1 aliphatic heterocycles. The van der Waals surface area contributed by atoms with Crippen LogP contribution >= 0.6 is 11.6 Å². The van der Waals surface area contributed by atoms with Crippen LogP contribution in [0.1, 0.15) is 37.3 Å². The number of benzene rings is 1. The number of hydrogen-bond acceptors (Lipinski definition) is 2. The number of rotatable bonds is 2. The van der Waals surface area contributed by atoms with Crippen LogP contribution in [0, 0.1) is 5.82 Å². The van der Waals surface area contributed by atoms with Gasteiger partial charge in [0, 0.05) is 18.5 Å². The summed E-state index contributed by atoms with van der Waals surface area (Å²) >= 11 is 5.71. The zero-order valence-electron chi connectivity index (χ0n) is 10.5. The summed E-state index contributed by atoms with van der Waals surface area (Å²) in [6, 6.07) is 4.62. The van der Waals surface area contributed by atoms with Crippen molar-refractivity contribution in [3.05, 3.63) is 34.6 Å². The Morgan fingerprint density at radius 2 is 2.05 bits per heavy atom. The molecule has 1 amide bonds. The third-order valence-electron chi connectivity index (χ3n) is 3.91. The van der Waals surface area contributed by atoms with Gasteiger partial charge in [-0.25, -0.2) is 4.39 Å². The minimum absolute atomic E-state index is 0.0948. The fourth-order valence-electron chi connectivity index (χ4n) is 2.83. The Labute approximate surface area is 116 Å². The van der Waals surface area contributed by atoms with Crippen molar-refractivity contribution in [2.75, 3.05) is 0 Å². The summed E-state index contributed by atoms with van der Waals surface area (Å²) < 4.78 is 13.6. The van der Waals surface area contributed by atoms with Gasteiger partial charge in [-0.1, -0.05) is 17.7 Å². The van der Waals surface area contributed by atoms with Gasteiger partial charge in [-0.15, -0.1) is 0 Å². The second kappa shape index (κ2) is 4.76. The quantitative estimate of drug-likeness (QED) is 0.906. The molecule has 2 aliphatic rings. The van der Waals surface area contributed by atoms with Crippen molar-refractivity contribution in [2.45, 2.75) is 43.8 Å². The van der Waals surface area contributed by atoms with Crippen molar-refractivity contribution in [3.63, 3.8) is 0 Å². The van der Waals surface area contributed by atoms with E-state index in [2.05, 4.69) is 0 Å². The molecule has 2 N–H and O–H groups in total. The summed E-state index contributed by atoms with van der Waals surface area (Å²) in [5.41, 5.74) is 6.91. The zero-order valence-corrected chi connectivity index (χ0v) is 11.2. The Morgan fingerprint density at radius 1 is 1.32 bits per heavy atom. The number of hydrogen-bond donors (Lipinski definition) is 1. The molecule has 3 rings (SSSR count). The van der Waals surface area contributed by atoms with Gasteiger partial charge >= 0.3 is 0 Å². The molecular weight excluding hydrogens is 267 g/mol. The van der Waals surface area contributed by atoms with Crippen LogP contribution in [0.15, 0.2) is 18.2 Å². The highest BCUT2D eigenvalue weighted by Crippen LogP contribution is 2.40. The highest BCUT2D eigenvalue weighted by molar-refractivity contribution is 6.30. The molecule has 2 fully saturated rings. The molecule has 0 bridgehead atoms. The van der Waals surface area contributed by atoms with Gasteiger partial charge in [-0.2, -0.15) is 0 Å². The van der Waals surface area contributed by atoms with Crippen molar-refractivity contribution < 1.29 is 9.18 Å². The Balaban J connectivity index is 1.97. The molecule has 0 radical (unpaired) electrons. The summed E-state index contributed by atoms with van der Waals surface area (Å²) in [6.07, 6.45) is 3.18. The molecular formula is C14H16ClFN2O. The number of nitrogens with two attached hydrogens (primary N) is 1. The summed E-state index contributed by atoms with van der Waals surface area (Å²) in [6.45, 7) is 0. The van der Waals surface area contributed by atoms with Crippen molar-refractivity contribution >= 4 is 17.5 Å². The van der Waals surface area contributed by atoms with Crippen LogP contribution in [-0.4, -0.2) is 22.9 Å². The third kappa shape index (κ3) is 2.35. The number of carbonyl (C=O) groups excluding carboxylic acids is 1. The van der Waals surface area contributed by atoms with Gasteiger partial charge in [0.1, 0.15) is 5.82 Å². The number of carbonyl (C=O) groups is 1. The Morgan fingerprint density at radius 3 is 2.68 bits per heavy atom. The lowest BCUT2D eigenvalue weighted by Gasteiger charge is -2.40. The fourth-order valence-corrected chi connectivity index (χ4v) is 2.94. The molecule has 1 saturated heterocycles. The lowest BCUT2D eigenvalue weighted by Crippen LogP contribution is -2.49. The van der Waals surface area contributed by atoms with Crippen molar-refractivity contribution in [3.8, 4) is 0 Å². The van der Waals surface area contributed by atoms with E-state index >= 15 is 0 Å². The first-order chi connectivity index (χ1) is 9.08. The van der Waals surface area contributed by atoms with Crippen LogP contribution in [0.25, 0.3) is 0 Å². The van der Waals surface area contributed by atoms with Crippen LogP contribution < -0.4 is 5.73 Å². The third-order valence-corrected chi connectivity index (χ3v) is 4.22. The van der Waals surface area contributed by atoms with Gasteiger partial charge in [0.05, 0.1) is 11.1 Å². The smallest absolute Gasteiger partial charge is 0.223 e. The highest BCUT2D eigenvalue weighted by Gasteiger charge is 2.43. The van der Waals surface area contributed by atoms with Crippen molar-refractivity contribution in [1.29, 1.82) is 0 Å². The molecule has 2 atom stereocenters. The van der Waals surface area contributed by atoms with Crippen LogP contribution in [0.2, 0.25) is 5.02 Å². The predicted octanol–water partition coefficient (Wildman–Crippen LogP) is 2.63. The Hall–Kier alpha value is -1.13. The summed E-state index contributed by atoms with van der Waals surface area (Å²) in [4.78, 5) is 14.0. The minimum atomic E-state index is -0.458. The molecule has 1 aromatic carbocycles. The van der Waals surface area contributed by atoms with Gasteiger partial charge in [0.15, 0.2) is 0 Å². The topological polar surface area (TPSA) is 46.3 Å². The van der Waals surface area contributed by atoms with E-state index in [0.29, 0.717) is 12.8 Å². The standard InChI is InChI=1S/C14H16ClFN2O/c15-10-4-1-8(7-11(10)16)14-12(17)5-6-13(19)18(14)9-2-3-9/h1,4,7,9,12,14H,2-3,5-6,17H2. The maximum absolute atomic E-state index is 13.6. The van der Waals surface area contributed by atoms with E-state index in [1.165, 1.54) is 12.1 Å². The largest absolute Gasteiger partial charge is 0.331 e. The number of amides is 1. The molecule has 102 valence electrons. The van der Waals surface area contributed by atoms with E-state index in [-0.39, 0.29) is 29.1 Å². The summed E-state index contributed by atoms with van der Waals surface area (Å²) in [5, 5.41) is 0.0948. The second-order valence-electron chi connectivity index (χ2n) is 5.35. The van der Waals surface area contributed by atoms with Crippen LogP contribution in [-0.2, 0) is 4.79 Å². The number of halogens is 2. The predicted molar refractivity (Wildman–Crippen MR) is 71.2 cm³/mol. The Bertz CT molecular complexity index is 518. The fraction of sp³-hybridized carbons (Fsp3) is 0.500. The maximum atomic E-state index is 13.6. The van der Waals surface area contributed by atoms with Crippen molar-refractivity contribution in [1.82, 2.24) is 4.90 Å². The lowest BCUT2D eigenvalue weighted by atomic mass is 9.90. The summed E-state index contributed by atoms with van der Waals surface area (Å²) in [5.74, 6) is -0.329. The van der Waals surface area contributed by atoms with Gasteiger partial charge in [-0.3, -0.25) is 4.79 Å². The van der Waals surface area contributed by atoms with E-state index in [1.54, 1.807) is 6.07 Å². The monoisotopic (exact) mass is 282 g/mol.